The Hall–Kier alpha value is -1.43. The molecular weight excluding hydrogens is 304 g/mol. The molecule has 1 aromatic rings. The molecular formula is C19H28N2O3. The lowest BCUT2D eigenvalue weighted by Gasteiger charge is -2.32. The standard InChI is InChI=1S/C19H28N2O3/c1-14-6-8-15(9-7-14)19(22)21-13-17(23-12-10-20(2)3)18-16(21)5-4-11-24-18/h6-9,16-18H,4-5,10-13H2,1-3H3/t16-,17+,18+/m1/s1. The van der Waals surface area contributed by atoms with Crippen LogP contribution >= 0.6 is 0 Å². The number of carbonyl (C=O) groups is 1. The molecule has 0 radical (unpaired) electrons. The van der Waals surface area contributed by atoms with E-state index >= 15 is 0 Å². The average molecular weight is 332 g/mol. The molecule has 2 aliphatic heterocycles. The van der Waals surface area contributed by atoms with Gasteiger partial charge in [-0.1, -0.05) is 17.7 Å². The molecule has 1 aromatic carbocycles. The van der Waals surface area contributed by atoms with E-state index in [-0.39, 0.29) is 24.2 Å². The molecule has 0 spiro atoms. The highest BCUT2D eigenvalue weighted by atomic mass is 16.5. The lowest BCUT2D eigenvalue weighted by molar-refractivity contribution is -0.0776. The Morgan fingerprint density at radius 3 is 2.79 bits per heavy atom. The van der Waals surface area contributed by atoms with Crippen LogP contribution in [0.5, 0.6) is 0 Å². The number of hydrogen-bond donors (Lipinski definition) is 0. The summed E-state index contributed by atoms with van der Waals surface area (Å²) in [6.07, 6.45) is 1.99. The number of amides is 1. The fourth-order valence-corrected chi connectivity index (χ4v) is 3.54. The van der Waals surface area contributed by atoms with Gasteiger partial charge in [0.25, 0.3) is 5.91 Å². The van der Waals surface area contributed by atoms with E-state index in [1.807, 2.05) is 50.2 Å². The van der Waals surface area contributed by atoms with E-state index in [0.717, 1.165) is 37.1 Å². The summed E-state index contributed by atoms with van der Waals surface area (Å²) in [6, 6.07) is 7.94. The van der Waals surface area contributed by atoms with E-state index in [2.05, 4.69) is 4.90 Å². The molecule has 0 unspecified atom stereocenters. The molecule has 0 aromatic heterocycles. The zero-order chi connectivity index (χ0) is 17.1. The minimum Gasteiger partial charge on any atom is -0.373 e. The van der Waals surface area contributed by atoms with Crippen LogP contribution in [0.25, 0.3) is 0 Å². The molecule has 24 heavy (non-hydrogen) atoms. The molecule has 3 atom stereocenters. The van der Waals surface area contributed by atoms with E-state index in [9.17, 15) is 4.79 Å². The van der Waals surface area contributed by atoms with Crippen LogP contribution in [0.15, 0.2) is 24.3 Å². The first-order valence-electron chi connectivity index (χ1n) is 8.82. The Morgan fingerprint density at radius 2 is 2.08 bits per heavy atom. The molecule has 5 nitrogen and oxygen atoms in total. The van der Waals surface area contributed by atoms with Crippen molar-refractivity contribution in [2.75, 3.05) is 40.4 Å². The fraction of sp³-hybridized carbons (Fsp3) is 0.632. The molecule has 3 rings (SSSR count). The number of hydrogen-bond acceptors (Lipinski definition) is 4. The second kappa shape index (κ2) is 7.64. The third-order valence-corrected chi connectivity index (χ3v) is 4.91. The van der Waals surface area contributed by atoms with Crippen LogP contribution in [0.3, 0.4) is 0 Å². The molecule has 0 bridgehead atoms. The number of fused-ring (bicyclic) bond motifs is 1. The zero-order valence-electron chi connectivity index (χ0n) is 14.9. The predicted octanol–water partition coefficient (Wildman–Crippen LogP) is 1.95. The Kier molecular flexibility index (Phi) is 5.54. The second-order valence-electron chi connectivity index (χ2n) is 7.08. The summed E-state index contributed by atoms with van der Waals surface area (Å²) in [6.45, 7) is 4.96. The topological polar surface area (TPSA) is 42.0 Å². The number of likely N-dealkylation sites (N-methyl/N-ethyl adjacent to an activating group) is 1. The van der Waals surface area contributed by atoms with Crippen molar-refractivity contribution in [2.24, 2.45) is 0 Å². The van der Waals surface area contributed by atoms with Gasteiger partial charge in [0.2, 0.25) is 0 Å². The first-order valence-corrected chi connectivity index (χ1v) is 8.82. The third-order valence-electron chi connectivity index (χ3n) is 4.91. The molecule has 2 fully saturated rings. The quantitative estimate of drug-likeness (QED) is 0.826. The molecule has 1 amide bonds. The van der Waals surface area contributed by atoms with Crippen LogP contribution in [-0.2, 0) is 9.47 Å². The normalized spacial score (nSPS) is 26.7. The highest BCUT2D eigenvalue weighted by Crippen LogP contribution is 2.31. The van der Waals surface area contributed by atoms with Gasteiger partial charge in [-0.05, 0) is 46.0 Å². The van der Waals surface area contributed by atoms with E-state index in [4.69, 9.17) is 9.47 Å². The maximum atomic E-state index is 12.9. The van der Waals surface area contributed by atoms with Gasteiger partial charge in [0.15, 0.2) is 0 Å². The molecule has 132 valence electrons. The molecule has 0 aliphatic carbocycles. The SMILES string of the molecule is Cc1ccc(C(=O)N2C[C@H](OCCN(C)C)[C@H]3OCCC[C@H]32)cc1. The van der Waals surface area contributed by atoms with Crippen molar-refractivity contribution in [1.29, 1.82) is 0 Å². The van der Waals surface area contributed by atoms with Crippen LogP contribution in [0.1, 0.15) is 28.8 Å². The molecule has 2 aliphatic rings. The van der Waals surface area contributed by atoms with Crippen LogP contribution in [0.2, 0.25) is 0 Å². The Morgan fingerprint density at radius 1 is 1.33 bits per heavy atom. The van der Waals surface area contributed by atoms with Gasteiger partial charge in [-0.2, -0.15) is 0 Å². The van der Waals surface area contributed by atoms with Gasteiger partial charge >= 0.3 is 0 Å². The van der Waals surface area contributed by atoms with Crippen molar-refractivity contribution >= 4 is 5.91 Å². The Balaban J connectivity index is 1.70. The van der Waals surface area contributed by atoms with Gasteiger partial charge in [0.1, 0.15) is 12.2 Å². The minimum absolute atomic E-state index is 0.00955. The van der Waals surface area contributed by atoms with Gasteiger partial charge in [0, 0.05) is 18.7 Å². The molecule has 0 N–H and O–H groups in total. The van der Waals surface area contributed by atoms with Crippen LogP contribution in [-0.4, -0.2) is 74.4 Å². The van der Waals surface area contributed by atoms with Crippen molar-refractivity contribution in [3.8, 4) is 0 Å². The van der Waals surface area contributed by atoms with E-state index in [1.165, 1.54) is 0 Å². The molecule has 2 heterocycles. The lowest BCUT2D eigenvalue weighted by atomic mass is 10.0. The summed E-state index contributed by atoms with van der Waals surface area (Å²) in [5.74, 6) is 0.0919. The van der Waals surface area contributed by atoms with E-state index in [0.29, 0.717) is 13.2 Å². The number of rotatable bonds is 5. The molecule has 2 saturated heterocycles. The lowest BCUT2D eigenvalue weighted by Crippen LogP contribution is -2.44. The van der Waals surface area contributed by atoms with Gasteiger partial charge < -0.3 is 19.3 Å². The largest absolute Gasteiger partial charge is 0.373 e. The summed E-state index contributed by atoms with van der Waals surface area (Å²) in [5.41, 5.74) is 1.91. The minimum atomic E-state index is -0.0235. The zero-order valence-corrected chi connectivity index (χ0v) is 14.9. The van der Waals surface area contributed by atoms with Crippen LogP contribution < -0.4 is 0 Å². The van der Waals surface area contributed by atoms with Crippen LogP contribution in [0.4, 0.5) is 0 Å². The number of nitrogens with zero attached hydrogens (tertiary/aromatic N) is 2. The monoisotopic (exact) mass is 332 g/mol. The van der Waals surface area contributed by atoms with Crippen LogP contribution in [0, 0.1) is 6.92 Å². The second-order valence-corrected chi connectivity index (χ2v) is 7.08. The van der Waals surface area contributed by atoms with Crippen molar-refractivity contribution < 1.29 is 14.3 Å². The Labute approximate surface area is 144 Å². The van der Waals surface area contributed by atoms with Crippen molar-refractivity contribution in [2.45, 2.75) is 38.0 Å². The van der Waals surface area contributed by atoms with Gasteiger partial charge in [-0.3, -0.25) is 4.79 Å². The average Bonchev–Trinajstić information content (AvgIpc) is 2.94. The maximum absolute atomic E-state index is 12.9. The van der Waals surface area contributed by atoms with Gasteiger partial charge in [-0.25, -0.2) is 0 Å². The first-order chi connectivity index (χ1) is 11.6. The number of carbonyl (C=O) groups excluding carboxylic acids is 1. The predicted molar refractivity (Wildman–Crippen MR) is 93.3 cm³/mol. The van der Waals surface area contributed by atoms with Crippen molar-refractivity contribution in [3.63, 3.8) is 0 Å². The summed E-state index contributed by atoms with van der Waals surface area (Å²) >= 11 is 0. The fourth-order valence-electron chi connectivity index (χ4n) is 3.54. The van der Waals surface area contributed by atoms with E-state index in [1.54, 1.807) is 0 Å². The molecule has 5 heteroatoms. The highest BCUT2D eigenvalue weighted by Gasteiger charge is 2.46. The number of benzene rings is 1. The summed E-state index contributed by atoms with van der Waals surface area (Å²) in [5, 5.41) is 0. The first kappa shape index (κ1) is 17.4. The summed E-state index contributed by atoms with van der Waals surface area (Å²) in [4.78, 5) is 17.0. The molecule has 0 saturated carbocycles. The summed E-state index contributed by atoms with van der Waals surface area (Å²) < 4.78 is 12.0. The van der Waals surface area contributed by atoms with Crippen molar-refractivity contribution in [3.05, 3.63) is 35.4 Å². The third kappa shape index (κ3) is 3.79. The number of ether oxygens (including phenoxy) is 2. The van der Waals surface area contributed by atoms with Crippen molar-refractivity contribution in [1.82, 2.24) is 9.80 Å². The maximum Gasteiger partial charge on any atom is 0.254 e. The van der Waals surface area contributed by atoms with E-state index < -0.39 is 0 Å². The number of likely N-dealkylation sites (tertiary alicyclic amines) is 1. The van der Waals surface area contributed by atoms with Gasteiger partial charge in [-0.15, -0.1) is 0 Å². The number of aryl methyl sites for hydroxylation is 1. The smallest absolute Gasteiger partial charge is 0.254 e. The summed E-state index contributed by atoms with van der Waals surface area (Å²) in [7, 11) is 4.07. The highest BCUT2D eigenvalue weighted by molar-refractivity contribution is 5.94. The van der Waals surface area contributed by atoms with Gasteiger partial charge in [0.05, 0.1) is 19.2 Å². The Bertz CT molecular complexity index is 558.